The Morgan fingerprint density at radius 1 is 1.29 bits per heavy atom. The number of benzene rings is 1. The highest BCUT2D eigenvalue weighted by Crippen LogP contribution is 2.09. The highest BCUT2D eigenvalue weighted by Gasteiger charge is 2.16. The minimum absolute atomic E-state index is 0.254. The third-order valence-electron chi connectivity index (χ3n) is 2.41. The van der Waals surface area contributed by atoms with Crippen molar-refractivity contribution in [1.82, 2.24) is 5.32 Å². The molecule has 0 spiro atoms. The second-order valence-corrected chi connectivity index (χ2v) is 3.53. The summed E-state index contributed by atoms with van der Waals surface area (Å²) >= 11 is 0. The number of methoxy groups -OCH3 is 2. The third kappa shape index (κ3) is 4.14. The van der Waals surface area contributed by atoms with Gasteiger partial charge >= 0.3 is 0 Å². The molecule has 0 unspecified atom stereocenters. The van der Waals surface area contributed by atoms with E-state index in [2.05, 4.69) is 5.32 Å². The van der Waals surface area contributed by atoms with Gasteiger partial charge in [0.15, 0.2) is 6.29 Å². The van der Waals surface area contributed by atoms with Crippen LogP contribution in [-0.2, 0) is 14.3 Å². The van der Waals surface area contributed by atoms with Gasteiger partial charge in [0.05, 0.1) is 6.54 Å². The highest BCUT2D eigenvalue weighted by molar-refractivity contribution is 5.82. The smallest absolute Gasteiger partial charge is 0.241 e. The first-order valence-corrected chi connectivity index (χ1v) is 5.33. The number of amides is 1. The lowest BCUT2D eigenvalue weighted by atomic mass is 10.1. The van der Waals surface area contributed by atoms with E-state index in [0.717, 1.165) is 5.56 Å². The van der Waals surface area contributed by atoms with Crippen LogP contribution in [0.5, 0.6) is 0 Å². The second-order valence-electron chi connectivity index (χ2n) is 3.53. The average Bonchev–Trinajstić information content (AvgIpc) is 2.39. The quantitative estimate of drug-likeness (QED) is 0.704. The van der Waals surface area contributed by atoms with Gasteiger partial charge < -0.3 is 20.5 Å². The van der Waals surface area contributed by atoms with Crippen LogP contribution in [0.15, 0.2) is 30.3 Å². The van der Waals surface area contributed by atoms with Crippen molar-refractivity contribution >= 4 is 5.91 Å². The van der Waals surface area contributed by atoms with Gasteiger partial charge in [-0.3, -0.25) is 4.79 Å². The molecule has 1 aromatic carbocycles. The molecule has 5 heteroatoms. The summed E-state index contributed by atoms with van der Waals surface area (Å²) in [5.74, 6) is -0.254. The molecule has 0 saturated carbocycles. The zero-order valence-corrected chi connectivity index (χ0v) is 10.1. The van der Waals surface area contributed by atoms with Crippen LogP contribution < -0.4 is 11.1 Å². The summed E-state index contributed by atoms with van der Waals surface area (Å²) < 4.78 is 9.92. The van der Waals surface area contributed by atoms with Gasteiger partial charge in [-0.05, 0) is 5.56 Å². The Hall–Kier alpha value is -1.43. The molecule has 94 valence electrons. The van der Waals surface area contributed by atoms with Crippen LogP contribution in [0.25, 0.3) is 0 Å². The van der Waals surface area contributed by atoms with E-state index in [9.17, 15) is 4.79 Å². The number of nitrogens with two attached hydrogens (primary N) is 1. The number of nitrogens with one attached hydrogen (secondary N) is 1. The molecule has 1 atom stereocenters. The topological polar surface area (TPSA) is 73.6 Å². The fourth-order valence-corrected chi connectivity index (χ4v) is 1.37. The zero-order chi connectivity index (χ0) is 12.7. The van der Waals surface area contributed by atoms with Gasteiger partial charge in [-0.15, -0.1) is 0 Å². The molecule has 0 aliphatic rings. The molecule has 17 heavy (non-hydrogen) atoms. The number of carbonyl (C=O) groups is 1. The Balaban J connectivity index is 2.48. The number of hydrogen-bond donors (Lipinski definition) is 2. The summed E-state index contributed by atoms with van der Waals surface area (Å²) in [5, 5.41) is 2.67. The van der Waals surface area contributed by atoms with Crippen LogP contribution in [0.2, 0.25) is 0 Å². The van der Waals surface area contributed by atoms with Gasteiger partial charge in [-0.1, -0.05) is 30.3 Å². The Morgan fingerprint density at radius 2 is 1.88 bits per heavy atom. The van der Waals surface area contributed by atoms with Crippen molar-refractivity contribution in [3.8, 4) is 0 Å². The van der Waals surface area contributed by atoms with E-state index in [4.69, 9.17) is 15.2 Å². The third-order valence-corrected chi connectivity index (χ3v) is 2.41. The Morgan fingerprint density at radius 3 is 2.41 bits per heavy atom. The summed E-state index contributed by atoms with van der Waals surface area (Å²) in [6.07, 6.45) is -0.457. The van der Waals surface area contributed by atoms with Crippen molar-refractivity contribution in [2.75, 3.05) is 20.8 Å². The van der Waals surface area contributed by atoms with Crippen LogP contribution in [0, 0.1) is 0 Å². The maximum absolute atomic E-state index is 11.7. The van der Waals surface area contributed by atoms with Crippen LogP contribution in [0.4, 0.5) is 0 Å². The number of ether oxygens (including phenoxy) is 2. The van der Waals surface area contributed by atoms with Crippen LogP contribution in [-0.4, -0.2) is 33.0 Å². The highest BCUT2D eigenvalue weighted by atomic mass is 16.7. The van der Waals surface area contributed by atoms with E-state index in [1.54, 1.807) is 0 Å². The first kappa shape index (κ1) is 13.6. The SMILES string of the molecule is COC(CNC(=O)[C@H](N)c1ccccc1)OC. The lowest BCUT2D eigenvalue weighted by Gasteiger charge is -2.16. The lowest BCUT2D eigenvalue weighted by molar-refractivity contribution is -0.128. The molecule has 0 saturated heterocycles. The summed E-state index contributed by atoms with van der Waals surface area (Å²) in [7, 11) is 3.02. The summed E-state index contributed by atoms with van der Waals surface area (Å²) in [6.45, 7) is 0.270. The van der Waals surface area contributed by atoms with Gasteiger partial charge in [0.25, 0.3) is 0 Å². The molecular weight excluding hydrogens is 220 g/mol. The molecule has 1 aromatic rings. The van der Waals surface area contributed by atoms with Crippen LogP contribution in [0.1, 0.15) is 11.6 Å². The maximum Gasteiger partial charge on any atom is 0.241 e. The van der Waals surface area contributed by atoms with E-state index in [-0.39, 0.29) is 12.5 Å². The summed E-state index contributed by atoms with van der Waals surface area (Å²) in [6, 6.07) is 8.51. The molecule has 0 radical (unpaired) electrons. The van der Waals surface area contributed by atoms with Crippen molar-refractivity contribution in [2.24, 2.45) is 5.73 Å². The van der Waals surface area contributed by atoms with E-state index in [1.165, 1.54) is 14.2 Å². The van der Waals surface area contributed by atoms with Crippen molar-refractivity contribution < 1.29 is 14.3 Å². The number of hydrogen-bond acceptors (Lipinski definition) is 4. The number of carbonyl (C=O) groups excluding carboxylic acids is 1. The van der Waals surface area contributed by atoms with Crippen molar-refractivity contribution in [3.63, 3.8) is 0 Å². The molecule has 1 rings (SSSR count). The fourth-order valence-electron chi connectivity index (χ4n) is 1.37. The van der Waals surface area contributed by atoms with Crippen molar-refractivity contribution in [1.29, 1.82) is 0 Å². The van der Waals surface area contributed by atoms with E-state index >= 15 is 0 Å². The van der Waals surface area contributed by atoms with Gasteiger partial charge in [0.2, 0.25) is 5.91 Å². The minimum atomic E-state index is -0.675. The average molecular weight is 238 g/mol. The summed E-state index contributed by atoms with van der Waals surface area (Å²) in [4.78, 5) is 11.7. The Labute approximate surface area is 101 Å². The largest absolute Gasteiger partial charge is 0.354 e. The molecule has 5 nitrogen and oxygen atoms in total. The number of rotatable bonds is 6. The molecule has 1 amide bonds. The molecule has 0 aliphatic carbocycles. The molecule has 0 aliphatic heterocycles. The van der Waals surface area contributed by atoms with Crippen molar-refractivity contribution in [2.45, 2.75) is 12.3 Å². The zero-order valence-electron chi connectivity index (χ0n) is 10.1. The second kappa shape index (κ2) is 7.01. The molecule has 3 N–H and O–H groups in total. The monoisotopic (exact) mass is 238 g/mol. The van der Waals surface area contributed by atoms with E-state index in [1.807, 2.05) is 30.3 Å². The first-order chi connectivity index (χ1) is 8.19. The normalized spacial score (nSPS) is 12.5. The fraction of sp³-hybridized carbons (Fsp3) is 0.417. The van der Waals surface area contributed by atoms with Crippen molar-refractivity contribution in [3.05, 3.63) is 35.9 Å². The lowest BCUT2D eigenvalue weighted by Crippen LogP contribution is -2.39. The molecule has 0 heterocycles. The molecule has 0 bridgehead atoms. The van der Waals surface area contributed by atoms with Gasteiger partial charge in [-0.2, -0.15) is 0 Å². The van der Waals surface area contributed by atoms with Crippen LogP contribution >= 0.6 is 0 Å². The first-order valence-electron chi connectivity index (χ1n) is 5.33. The summed E-state index contributed by atoms with van der Waals surface area (Å²) in [5.41, 5.74) is 6.59. The van der Waals surface area contributed by atoms with Gasteiger partial charge in [-0.25, -0.2) is 0 Å². The predicted molar refractivity (Wildman–Crippen MR) is 64.2 cm³/mol. The Bertz CT molecular complexity index is 339. The van der Waals surface area contributed by atoms with Crippen LogP contribution in [0.3, 0.4) is 0 Å². The Kier molecular flexibility index (Phi) is 5.62. The molecule has 0 fully saturated rings. The van der Waals surface area contributed by atoms with E-state index in [0.29, 0.717) is 0 Å². The van der Waals surface area contributed by atoms with E-state index < -0.39 is 12.3 Å². The maximum atomic E-state index is 11.7. The standard InChI is InChI=1S/C12H18N2O3/c1-16-10(17-2)8-14-12(15)11(13)9-6-4-3-5-7-9/h3-7,10-11H,8,13H2,1-2H3,(H,14,15)/t11-/m1/s1. The van der Waals surface area contributed by atoms with Gasteiger partial charge in [0, 0.05) is 14.2 Å². The minimum Gasteiger partial charge on any atom is -0.354 e. The molecule has 0 aromatic heterocycles. The predicted octanol–water partition coefficient (Wildman–Crippen LogP) is 0.422. The molecular formula is C12H18N2O3. The van der Waals surface area contributed by atoms with Gasteiger partial charge in [0.1, 0.15) is 6.04 Å².